The zero-order valence-electron chi connectivity index (χ0n) is 17.9. The summed E-state index contributed by atoms with van der Waals surface area (Å²) in [5.74, 6) is -1.89. The van der Waals surface area contributed by atoms with Crippen LogP contribution in [0, 0.1) is 0 Å². The molecule has 34 heavy (non-hydrogen) atoms. The highest BCUT2D eigenvalue weighted by molar-refractivity contribution is 9.09. The predicted molar refractivity (Wildman–Crippen MR) is 126 cm³/mol. The second kappa shape index (κ2) is 11.1. The molecule has 1 saturated heterocycles. The van der Waals surface area contributed by atoms with Crippen LogP contribution in [0.3, 0.4) is 0 Å². The number of ether oxygens (including phenoxy) is 4. The van der Waals surface area contributed by atoms with Crippen molar-refractivity contribution in [3.8, 4) is 0 Å². The Balaban J connectivity index is 1.59. The standard InChI is InChI=1S/C26H21BrO7/c27-23-22(34-26(30)19-14-8-3-9-15-19)21(33-25(29)18-12-6-2-7-13-18)20(16-31-23)32-24(28)17-10-4-1-5-11-17/h1-15,20-23H,16H2/t20-,21?,22?,23+/m0/s1. The Hall–Kier alpha value is -3.49. The summed E-state index contributed by atoms with van der Waals surface area (Å²) < 4.78 is 22.7. The third-order valence-electron chi connectivity index (χ3n) is 5.14. The van der Waals surface area contributed by atoms with Crippen LogP contribution in [0.2, 0.25) is 0 Å². The van der Waals surface area contributed by atoms with E-state index in [0.717, 1.165) is 0 Å². The highest BCUT2D eigenvalue weighted by atomic mass is 79.9. The molecule has 0 aromatic heterocycles. The first-order chi connectivity index (χ1) is 16.5. The number of esters is 3. The molecule has 2 unspecified atom stereocenters. The van der Waals surface area contributed by atoms with E-state index < -0.39 is 41.2 Å². The summed E-state index contributed by atoms with van der Waals surface area (Å²) >= 11 is 3.35. The SMILES string of the molecule is O=C(OC1C(OC(=O)c2ccccc2)[C@@H](OC(=O)c2ccccc2)CO[C@H]1Br)c1ccccc1. The third-order valence-corrected chi connectivity index (χ3v) is 5.93. The van der Waals surface area contributed by atoms with Crippen molar-refractivity contribution in [2.45, 2.75) is 23.3 Å². The van der Waals surface area contributed by atoms with E-state index >= 15 is 0 Å². The van der Waals surface area contributed by atoms with Gasteiger partial charge in [0.05, 0.1) is 23.3 Å². The molecule has 0 bridgehead atoms. The van der Waals surface area contributed by atoms with Crippen LogP contribution in [0.1, 0.15) is 31.1 Å². The van der Waals surface area contributed by atoms with E-state index in [4.69, 9.17) is 18.9 Å². The Morgan fingerprint density at radius 2 is 1.00 bits per heavy atom. The van der Waals surface area contributed by atoms with Crippen LogP contribution in [-0.4, -0.2) is 47.8 Å². The molecule has 1 aliphatic heterocycles. The van der Waals surface area contributed by atoms with E-state index in [-0.39, 0.29) is 6.61 Å². The summed E-state index contributed by atoms with van der Waals surface area (Å²) in [7, 11) is 0. The van der Waals surface area contributed by atoms with Gasteiger partial charge in [0.15, 0.2) is 23.3 Å². The molecule has 4 rings (SSSR count). The lowest BCUT2D eigenvalue weighted by atomic mass is 10.0. The number of rotatable bonds is 6. The van der Waals surface area contributed by atoms with Crippen molar-refractivity contribution in [2.75, 3.05) is 6.61 Å². The summed E-state index contributed by atoms with van der Waals surface area (Å²) in [5.41, 5.74) is 0.953. The zero-order valence-corrected chi connectivity index (χ0v) is 19.5. The van der Waals surface area contributed by atoms with Crippen LogP contribution in [0.25, 0.3) is 0 Å². The largest absolute Gasteiger partial charge is 0.452 e. The number of benzene rings is 3. The van der Waals surface area contributed by atoms with Gasteiger partial charge >= 0.3 is 17.9 Å². The van der Waals surface area contributed by atoms with Crippen LogP contribution in [0.4, 0.5) is 0 Å². The Bertz CT molecular complexity index is 1120. The maximum absolute atomic E-state index is 12.9. The van der Waals surface area contributed by atoms with Gasteiger partial charge in [0, 0.05) is 0 Å². The molecule has 1 heterocycles. The quantitative estimate of drug-likeness (QED) is 0.268. The van der Waals surface area contributed by atoms with Crippen molar-refractivity contribution < 1.29 is 33.3 Å². The van der Waals surface area contributed by atoms with Gasteiger partial charge in [-0.2, -0.15) is 0 Å². The number of alkyl halides is 1. The van der Waals surface area contributed by atoms with Crippen molar-refractivity contribution >= 4 is 33.8 Å². The lowest BCUT2D eigenvalue weighted by Gasteiger charge is -2.38. The van der Waals surface area contributed by atoms with E-state index in [1.807, 2.05) is 0 Å². The fraction of sp³-hybridized carbons (Fsp3) is 0.192. The van der Waals surface area contributed by atoms with Crippen molar-refractivity contribution in [1.29, 1.82) is 0 Å². The van der Waals surface area contributed by atoms with Gasteiger partial charge in [0.1, 0.15) is 0 Å². The van der Waals surface area contributed by atoms with Crippen LogP contribution < -0.4 is 0 Å². The predicted octanol–water partition coefficient (Wildman–Crippen LogP) is 4.41. The molecule has 8 heteroatoms. The molecule has 3 aromatic carbocycles. The highest BCUT2D eigenvalue weighted by Gasteiger charge is 2.47. The molecule has 3 aromatic rings. The van der Waals surface area contributed by atoms with Crippen molar-refractivity contribution in [3.05, 3.63) is 108 Å². The second-order valence-corrected chi connectivity index (χ2v) is 8.37. The van der Waals surface area contributed by atoms with E-state index in [9.17, 15) is 14.4 Å². The summed E-state index contributed by atoms with van der Waals surface area (Å²) in [6.07, 6.45) is -3.21. The van der Waals surface area contributed by atoms with Crippen molar-refractivity contribution in [3.63, 3.8) is 0 Å². The van der Waals surface area contributed by atoms with Gasteiger partial charge in [-0.05, 0) is 36.4 Å². The van der Waals surface area contributed by atoms with E-state index in [1.54, 1.807) is 91.0 Å². The van der Waals surface area contributed by atoms with Gasteiger partial charge in [0.2, 0.25) is 0 Å². The first kappa shape index (κ1) is 23.7. The molecule has 0 aliphatic carbocycles. The summed E-state index contributed by atoms with van der Waals surface area (Å²) in [6, 6.07) is 25.2. The molecule has 0 amide bonds. The highest BCUT2D eigenvalue weighted by Crippen LogP contribution is 2.29. The first-order valence-electron chi connectivity index (χ1n) is 10.6. The lowest BCUT2D eigenvalue weighted by molar-refractivity contribution is -0.165. The number of carbonyl (C=O) groups excluding carboxylic acids is 3. The fourth-order valence-corrected chi connectivity index (χ4v) is 3.97. The van der Waals surface area contributed by atoms with Crippen molar-refractivity contribution in [2.24, 2.45) is 0 Å². The Morgan fingerprint density at radius 1 is 0.618 bits per heavy atom. The van der Waals surface area contributed by atoms with Crippen LogP contribution in [0.15, 0.2) is 91.0 Å². The lowest BCUT2D eigenvalue weighted by Crippen LogP contribution is -2.56. The minimum Gasteiger partial charge on any atom is -0.452 e. The molecule has 0 N–H and O–H groups in total. The first-order valence-corrected chi connectivity index (χ1v) is 11.5. The zero-order chi connectivity index (χ0) is 23.9. The van der Waals surface area contributed by atoms with Crippen LogP contribution in [0.5, 0.6) is 0 Å². The maximum Gasteiger partial charge on any atom is 0.338 e. The third kappa shape index (κ3) is 5.70. The molecule has 1 fully saturated rings. The van der Waals surface area contributed by atoms with E-state index in [2.05, 4.69) is 15.9 Å². The smallest absolute Gasteiger partial charge is 0.338 e. The topological polar surface area (TPSA) is 88.1 Å². The monoisotopic (exact) mass is 524 g/mol. The van der Waals surface area contributed by atoms with Gasteiger partial charge in [-0.1, -0.05) is 70.5 Å². The minimum absolute atomic E-state index is 0.0688. The molecule has 0 radical (unpaired) electrons. The number of hydrogen-bond donors (Lipinski definition) is 0. The molecule has 7 nitrogen and oxygen atoms in total. The number of hydrogen-bond acceptors (Lipinski definition) is 7. The van der Waals surface area contributed by atoms with Gasteiger partial charge in [-0.15, -0.1) is 0 Å². The molecular weight excluding hydrogens is 504 g/mol. The molecule has 4 atom stereocenters. The van der Waals surface area contributed by atoms with Crippen LogP contribution in [-0.2, 0) is 18.9 Å². The van der Waals surface area contributed by atoms with Gasteiger partial charge in [0.25, 0.3) is 0 Å². The Labute approximate surface area is 204 Å². The Morgan fingerprint density at radius 3 is 1.44 bits per heavy atom. The fourth-order valence-electron chi connectivity index (χ4n) is 3.41. The molecule has 0 saturated carbocycles. The van der Waals surface area contributed by atoms with Gasteiger partial charge in [-0.25, -0.2) is 14.4 Å². The Kier molecular flexibility index (Phi) is 7.72. The molecule has 0 spiro atoms. The number of carbonyl (C=O) groups is 3. The van der Waals surface area contributed by atoms with E-state index in [0.29, 0.717) is 16.7 Å². The average molecular weight is 525 g/mol. The number of halogens is 1. The normalized spacial score (nSPS) is 21.8. The van der Waals surface area contributed by atoms with Gasteiger partial charge < -0.3 is 18.9 Å². The summed E-state index contributed by atoms with van der Waals surface area (Å²) in [5, 5.41) is -0.791. The van der Waals surface area contributed by atoms with Crippen molar-refractivity contribution in [1.82, 2.24) is 0 Å². The van der Waals surface area contributed by atoms with Crippen LogP contribution >= 0.6 is 15.9 Å². The summed E-state index contributed by atoms with van der Waals surface area (Å²) in [6.45, 7) is -0.0688. The molecule has 1 aliphatic rings. The maximum atomic E-state index is 12.9. The molecular formula is C26H21BrO7. The summed E-state index contributed by atoms with van der Waals surface area (Å²) in [4.78, 5) is 38.3. The second-order valence-electron chi connectivity index (χ2n) is 7.47. The molecule has 174 valence electrons. The van der Waals surface area contributed by atoms with E-state index in [1.165, 1.54) is 0 Å². The van der Waals surface area contributed by atoms with Gasteiger partial charge in [-0.3, -0.25) is 0 Å². The minimum atomic E-state index is -1.12. The average Bonchev–Trinajstić information content (AvgIpc) is 2.89.